The molecule has 4 nitrogen and oxygen atoms in total. The summed E-state index contributed by atoms with van der Waals surface area (Å²) in [5, 5.41) is 3.11. The first kappa shape index (κ1) is 16.8. The van der Waals surface area contributed by atoms with Crippen LogP contribution in [0.15, 0.2) is 0 Å². The Hall–Kier alpha value is -0.610. The summed E-state index contributed by atoms with van der Waals surface area (Å²) < 4.78 is 11.6. The molecule has 21 heavy (non-hydrogen) atoms. The number of rotatable bonds is 8. The maximum absolute atomic E-state index is 12.3. The molecule has 1 amide bonds. The highest BCUT2D eigenvalue weighted by molar-refractivity contribution is 5.80. The average Bonchev–Trinajstić information content (AvgIpc) is 3.15. The van der Waals surface area contributed by atoms with Crippen molar-refractivity contribution < 1.29 is 14.3 Å². The summed E-state index contributed by atoms with van der Waals surface area (Å²) in [7, 11) is 0. The lowest BCUT2D eigenvalue weighted by atomic mass is 10.1. The van der Waals surface area contributed by atoms with E-state index in [0.717, 1.165) is 38.7 Å². The zero-order valence-corrected chi connectivity index (χ0v) is 13.6. The normalized spacial score (nSPS) is 25.9. The Morgan fingerprint density at radius 3 is 2.67 bits per heavy atom. The molecule has 0 aromatic carbocycles. The minimum absolute atomic E-state index is 0.0595. The van der Waals surface area contributed by atoms with Gasteiger partial charge in [0.15, 0.2) is 0 Å². The van der Waals surface area contributed by atoms with Crippen LogP contribution < -0.4 is 5.32 Å². The van der Waals surface area contributed by atoms with E-state index in [1.165, 1.54) is 25.7 Å². The van der Waals surface area contributed by atoms with Gasteiger partial charge < -0.3 is 14.8 Å². The molecule has 0 radical (unpaired) electrons. The maximum Gasteiger partial charge on any atom is 0.249 e. The van der Waals surface area contributed by atoms with E-state index < -0.39 is 0 Å². The van der Waals surface area contributed by atoms with Gasteiger partial charge in [-0.15, -0.1) is 0 Å². The Kier molecular flexibility index (Phi) is 6.97. The van der Waals surface area contributed by atoms with Crippen molar-refractivity contribution in [1.29, 1.82) is 0 Å². The SMILES string of the molecule is CC[C@H](OC1CCCC1)C(=O)N[C@@H](C)CC[C@@H]1CCCO1. The standard InChI is InChI=1S/C17H31NO3/c1-3-16(21-15-7-4-5-8-15)17(19)18-13(2)10-11-14-9-6-12-20-14/h13-16H,3-12H2,1-2H3,(H,18,19)/t13-,14-,16-/m0/s1. The lowest BCUT2D eigenvalue weighted by Gasteiger charge is -2.23. The van der Waals surface area contributed by atoms with Crippen molar-refractivity contribution >= 4 is 5.91 Å². The van der Waals surface area contributed by atoms with Crippen LogP contribution in [-0.2, 0) is 14.3 Å². The topological polar surface area (TPSA) is 47.6 Å². The number of carbonyl (C=O) groups is 1. The largest absolute Gasteiger partial charge is 0.378 e. The number of nitrogens with one attached hydrogen (secondary N) is 1. The van der Waals surface area contributed by atoms with Crippen molar-refractivity contribution in [2.75, 3.05) is 6.61 Å². The highest BCUT2D eigenvalue weighted by Crippen LogP contribution is 2.23. The monoisotopic (exact) mass is 297 g/mol. The lowest BCUT2D eigenvalue weighted by molar-refractivity contribution is -0.137. The summed E-state index contributed by atoms with van der Waals surface area (Å²) in [6, 6.07) is 0.197. The van der Waals surface area contributed by atoms with E-state index in [9.17, 15) is 4.79 Å². The number of hydrogen-bond donors (Lipinski definition) is 1. The summed E-state index contributed by atoms with van der Waals surface area (Å²) in [4.78, 5) is 12.3. The van der Waals surface area contributed by atoms with Crippen molar-refractivity contribution in [2.24, 2.45) is 0 Å². The summed E-state index contributed by atoms with van der Waals surface area (Å²) in [5.74, 6) is 0.0595. The van der Waals surface area contributed by atoms with Crippen LogP contribution in [0.2, 0.25) is 0 Å². The molecule has 1 saturated heterocycles. The van der Waals surface area contributed by atoms with Gasteiger partial charge in [-0.05, 0) is 51.9 Å². The first-order valence-corrected chi connectivity index (χ1v) is 8.76. The number of amides is 1. The third-order valence-electron chi connectivity index (χ3n) is 4.66. The third kappa shape index (κ3) is 5.59. The molecule has 1 aliphatic heterocycles. The Balaban J connectivity index is 1.67. The molecule has 0 bridgehead atoms. The lowest BCUT2D eigenvalue weighted by Crippen LogP contribution is -2.42. The van der Waals surface area contributed by atoms with Gasteiger partial charge in [0.2, 0.25) is 5.91 Å². The molecule has 0 aromatic heterocycles. The highest BCUT2D eigenvalue weighted by Gasteiger charge is 2.25. The molecule has 1 heterocycles. The fraction of sp³-hybridized carbons (Fsp3) is 0.941. The molecule has 0 unspecified atom stereocenters. The molecule has 4 heteroatoms. The van der Waals surface area contributed by atoms with E-state index in [2.05, 4.69) is 12.2 Å². The van der Waals surface area contributed by atoms with Crippen LogP contribution in [0.25, 0.3) is 0 Å². The van der Waals surface area contributed by atoms with Crippen molar-refractivity contribution in [3.8, 4) is 0 Å². The van der Waals surface area contributed by atoms with Crippen LogP contribution >= 0.6 is 0 Å². The van der Waals surface area contributed by atoms with Crippen LogP contribution in [0.3, 0.4) is 0 Å². The van der Waals surface area contributed by atoms with Gasteiger partial charge in [-0.25, -0.2) is 0 Å². The molecule has 2 aliphatic rings. The van der Waals surface area contributed by atoms with Gasteiger partial charge in [-0.3, -0.25) is 4.79 Å². The third-order valence-corrected chi connectivity index (χ3v) is 4.66. The minimum Gasteiger partial charge on any atom is -0.378 e. The van der Waals surface area contributed by atoms with Crippen LogP contribution in [-0.4, -0.2) is 36.9 Å². The zero-order chi connectivity index (χ0) is 15.1. The van der Waals surface area contributed by atoms with E-state index in [1.54, 1.807) is 0 Å². The molecule has 2 fully saturated rings. The molecule has 122 valence electrons. The Morgan fingerprint density at radius 1 is 1.29 bits per heavy atom. The first-order chi connectivity index (χ1) is 10.2. The van der Waals surface area contributed by atoms with Crippen LogP contribution in [0, 0.1) is 0 Å². The fourth-order valence-electron chi connectivity index (χ4n) is 3.32. The second kappa shape index (κ2) is 8.74. The quantitative estimate of drug-likeness (QED) is 0.748. The van der Waals surface area contributed by atoms with Crippen molar-refractivity contribution in [2.45, 2.75) is 96.0 Å². The average molecular weight is 297 g/mol. The molecule has 1 N–H and O–H groups in total. The predicted octanol–water partition coefficient (Wildman–Crippen LogP) is 3.19. The van der Waals surface area contributed by atoms with E-state index >= 15 is 0 Å². The number of hydrogen-bond acceptors (Lipinski definition) is 3. The molecule has 0 spiro atoms. The first-order valence-electron chi connectivity index (χ1n) is 8.76. The summed E-state index contributed by atoms with van der Waals surface area (Å²) >= 11 is 0. The molecule has 2 rings (SSSR count). The zero-order valence-electron chi connectivity index (χ0n) is 13.6. The molecule has 1 aliphatic carbocycles. The summed E-state index contributed by atoms with van der Waals surface area (Å²) in [5.41, 5.74) is 0. The Bertz CT molecular complexity index is 309. The second-order valence-corrected chi connectivity index (χ2v) is 6.56. The van der Waals surface area contributed by atoms with E-state index in [-0.39, 0.29) is 18.1 Å². The van der Waals surface area contributed by atoms with Gasteiger partial charge in [0.05, 0.1) is 12.2 Å². The molecule has 0 aromatic rings. The molecule has 1 saturated carbocycles. The smallest absolute Gasteiger partial charge is 0.249 e. The minimum atomic E-state index is -0.279. The van der Waals surface area contributed by atoms with Crippen LogP contribution in [0.1, 0.15) is 71.6 Å². The van der Waals surface area contributed by atoms with Crippen molar-refractivity contribution in [3.63, 3.8) is 0 Å². The summed E-state index contributed by atoms with van der Waals surface area (Å²) in [6.45, 7) is 5.00. The van der Waals surface area contributed by atoms with Gasteiger partial charge in [0, 0.05) is 12.6 Å². The molecule has 3 atom stereocenters. The summed E-state index contributed by atoms with van der Waals surface area (Å²) in [6.07, 6.45) is 10.2. The fourth-order valence-corrected chi connectivity index (χ4v) is 3.32. The molecular formula is C17H31NO3. The van der Waals surface area contributed by atoms with E-state index in [4.69, 9.17) is 9.47 Å². The van der Waals surface area contributed by atoms with Crippen molar-refractivity contribution in [3.05, 3.63) is 0 Å². The Morgan fingerprint density at radius 2 is 2.05 bits per heavy atom. The number of carbonyl (C=O) groups excluding carboxylic acids is 1. The van der Waals surface area contributed by atoms with E-state index in [0.29, 0.717) is 12.2 Å². The second-order valence-electron chi connectivity index (χ2n) is 6.56. The maximum atomic E-state index is 12.3. The van der Waals surface area contributed by atoms with Crippen LogP contribution in [0.4, 0.5) is 0 Å². The van der Waals surface area contributed by atoms with E-state index in [1.807, 2.05) is 6.92 Å². The van der Waals surface area contributed by atoms with Gasteiger partial charge in [-0.2, -0.15) is 0 Å². The highest BCUT2D eigenvalue weighted by atomic mass is 16.5. The number of ether oxygens (including phenoxy) is 2. The predicted molar refractivity (Wildman–Crippen MR) is 83.2 cm³/mol. The van der Waals surface area contributed by atoms with Crippen LogP contribution in [0.5, 0.6) is 0 Å². The van der Waals surface area contributed by atoms with Gasteiger partial charge >= 0.3 is 0 Å². The van der Waals surface area contributed by atoms with Crippen molar-refractivity contribution in [1.82, 2.24) is 5.32 Å². The van der Waals surface area contributed by atoms with Gasteiger partial charge in [0.25, 0.3) is 0 Å². The van der Waals surface area contributed by atoms with Gasteiger partial charge in [-0.1, -0.05) is 19.8 Å². The molecular weight excluding hydrogens is 266 g/mol. The van der Waals surface area contributed by atoms with Gasteiger partial charge in [0.1, 0.15) is 6.10 Å². The Labute approximate surface area is 129 Å².